The zero-order chi connectivity index (χ0) is 31.1. The van der Waals surface area contributed by atoms with Gasteiger partial charge in [-0.2, -0.15) is 13.2 Å². The molecule has 2 aromatic rings. The Morgan fingerprint density at radius 1 is 1.05 bits per heavy atom. The molecule has 2 aromatic carbocycles. The summed E-state index contributed by atoms with van der Waals surface area (Å²) in [4.78, 5) is 56.3. The largest absolute Gasteiger partial charge is 0.478 e. The summed E-state index contributed by atoms with van der Waals surface area (Å²) in [6.45, 7) is 5.44. The molecule has 2 heterocycles. The van der Waals surface area contributed by atoms with Crippen molar-refractivity contribution < 1.29 is 41.8 Å². The van der Waals surface area contributed by atoms with Crippen molar-refractivity contribution in [2.75, 3.05) is 25.0 Å². The zero-order valence-corrected chi connectivity index (χ0v) is 23.5. The molecule has 0 aliphatic carbocycles. The summed E-state index contributed by atoms with van der Waals surface area (Å²) >= 11 is 0. The molecule has 1 unspecified atom stereocenters. The highest BCUT2D eigenvalue weighted by molar-refractivity contribution is 5.98. The summed E-state index contributed by atoms with van der Waals surface area (Å²) in [5.74, 6) is -4.48. The van der Waals surface area contributed by atoms with E-state index in [0.29, 0.717) is 23.9 Å². The van der Waals surface area contributed by atoms with Gasteiger partial charge in [-0.15, -0.1) is 0 Å². The number of halogens is 4. The fourth-order valence-electron chi connectivity index (χ4n) is 5.72. The van der Waals surface area contributed by atoms with Crippen LogP contribution in [0.1, 0.15) is 59.9 Å². The van der Waals surface area contributed by atoms with Crippen molar-refractivity contribution in [1.29, 1.82) is 0 Å². The first-order valence-corrected chi connectivity index (χ1v) is 13.4. The molecule has 4 rings (SSSR count). The molecule has 1 spiro atoms. The van der Waals surface area contributed by atoms with Crippen LogP contribution in [0.5, 0.6) is 0 Å². The normalized spacial score (nSPS) is 19.4. The number of hydrogen-bond donors (Lipinski definition) is 2. The minimum atomic E-state index is -4.78. The smallest absolute Gasteiger partial charge is 0.416 e. The molecule has 0 saturated carbocycles. The van der Waals surface area contributed by atoms with Crippen LogP contribution in [0.4, 0.5) is 23.2 Å². The van der Waals surface area contributed by atoms with Gasteiger partial charge in [-0.25, -0.2) is 9.18 Å². The number of likely N-dealkylation sites (N-methyl/N-ethyl adjacent to an activating group) is 1. The van der Waals surface area contributed by atoms with Crippen LogP contribution < -0.4 is 10.2 Å². The molecule has 2 saturated heterocycles. The molecule has 2 N–H and O–H groups in total. The lowest BCUT2D eigenvalue weighted by atomic mass is 9.84. The minimum Gasteiger partial charge on any atom is -0.478 e. The Labute approximate surface area is 240 Å². The quantitative estimate of drug-likeness (QED) is 0.492. The summed E-state index contributed by atoms with van der Waals surface area (Å²) in [5.41, 5.74) is -2.25. The van der Waals surface area contributed by atoms with Crippen molar-refractivity contribution in [3.8, 4) is 0 Å². The van der Waals surface area contributed by atoms with Crippen LogP contribution >= 0.6 is 0 Å². The predicted octanol–water partition coefficient (Wildman–Crippen LogP) is 3.98. The molecule has 9 nitrogen and oxygen atoms in total. The van der Waals surface area contributed by atoms with E-state index in [4.69, 9.17) is 0 Å². The molecule has 3 amide bonds. The van der Waals surface area contributed by atoms with Crippen LogP contribution in [-0.4, -0.2) is 76.5 Å². The van der Waals surface area contributed by atoms with Crippen molar-refractivity contribution in [2.45, 2.75) is 57.5 Å². The zero-order valence-electron chi connectivity index (χ0n) is 23.5. The summed E-state index contributed by atoms with van der Waals surface area (Å²) in [5, 5.41) is 11.7. The van der Waals surface area contributed by atoms with Crippen molar-refractivity contribution >= 4 is 29.4 Å². The van der Waals surface area contributed by atoms with Gasteiger partial charge in [0.25, 0.3) is 5.91 Å². The number of carboxylic acids is 1. The van der Waals surface area contributed by atoms with E-state index in [-0.39, 0.29) is 43.6 Å². The van der Waals surface area contributed by atoms with Gasteiger partial charge in [-0.05, 0) is 68.1 Å². The first-order chi connectivity index (χ1) is 19.6. The minimum absolute atomic E-state index is 0.103. The van der Waals surface area contributed by atoms with Gasteiger partial charge in [0.1, 0.15) is 23.6 Å². The summed E-state index contributed by atoms with van der Waals surface area (Å²) in [6, 6.07) is 6.56. The monoisotopic (exact) mass is 592 g/mol. The van der Waals surface area contributed by atoms with Gasteiger partial charge >= 0.3 is 12.1 Å². The van der Waals surface area contributed by atoms with Gasteiger partial charge in [0, 0.05) is 25.8 Å². The van der Waals surface area contributed by atoms with E-state index in [9.17, 15) is 41.8 Å². The molecule has 0 aromatic heterocycles. The number of aromatic carboxylic acids is 1. The predicted molar refractivity (Wildman–Crippen MR) is 144 cm³/mol. The van der Waals surface area contributed by atoms with Crippen LogP contribution in [0.2, 0.25) is 0 Å². The van der Waals surface area contributed by atoms with Gasteiger partial charge in [0.15, 0.2) is 0 Å². The van der Waals surface area contributed by atoms with Gasteiger partial charge in [0.05, 0.1) is 16.7 Å². The first-order valence-electron chi connectivity index (χ1n) is 13.4. The second-order valence-electron chi connectivity index (χ2n) is 11.0. The van der Waals surface area contributed by atoms with E-state index < -0.39 is 58.4 Å². The highest BCUT2D eigenvalue weighted by atomic mass is 19.4. The fourth-order valence-corrected chi connectivity index (χ4v) is 5.72. The third-order valence-corrected chi connectivity index (χ3v) is 8.17. The molecule has 42 heavy (non-hydrogen) atoms. The lowest BCUT2D eigenvalue weighted by molar-refractivity contribution is -0.140. The third kappa shape index (κ3) is 5.51. The average Bonchev–Trinajstić information content (AvgIpc) is 3.11. The maximum absolute atomic E-state index is 14.3. The van der Waals surface area contributed by atoms with Gasteiger partial charge < -0.3 is 25.1 Å². The molecule has 2 atom stereocenters. The summed E-state index contributed by atoms with van der Waals surface area (Å²) in [6.07, 6.45) is -4.64. The molecule has 2 fully saturated rings. The Hall–Kier alpha value is -4.16. The Kier molecular flexibility index (Phi) is 8.25. The van der Waals surface area contributed by atoms with E-state index in [1.807, 2.05) is 11.8 Å². The van der Waals surface area contributed by atoms with Crippen molar-refractivity contribution in [3.05, 3.63) is 65.0 Å². The second-order valence-corrected chi connectivity index (χ2v) is 11.0. The highest BCUT2D eigenvalue weighted by Gasteiger charge is 2.56. The summed E-state index contributed by atoms with van der Waals surface area (Å²) < 4.78 is 53.8. The summed E-state index contributed by atoms with van der Waals surface area (Å²) in [7, 11) is 1.68. The number of likely N-dealkylation sites (tertiary alicyclic amines) is 1. The second kappa shape index (κ2) is 11.3. The number of carbonyl (C=O) groups is 4. The third-order valence-electron chi connectivity index (χ3n) is 8.17. The molecule has 2 aliphatic heterocycles. The first kappa shape index (κ1) is 30.8. The van der Waals surface area contributed by atoms with E-state index in [1.54, 1.807) is 37.9 Å². The Morgan fingerprint density at radius 2 is 1.64 bits per heavy atom. The van der Waals surface area contributed by atoms with Crippen molar-refractivity contribution in [2.24, 2.45) is 5.92 Å². The van der Waals surface area contributed by atoms with Crippen LogP contribution in [0.25, 0.3) is 0 Å². The van der Waals surface area contributed by atoms with Crippen LogP contribution in [0.3, 0.4) is 0 Å². The molecule has 13 heteroatoms. The number of alkyl halides is 3. The van der Waals surface area contributed by atoms with Crippen LogP contribution in [0.15, 0.2) is 42.5 Å². The number of carboxylic acid groups (broad SMARTS) is 1. The van der Waals surface area contributed by atoms with Crippen LogP contribution in [-0.2, 0) is 15.8 Å². The number of piperidine rings is 1. The lowest BCUT2D eigenvalue weighted by Gasteiger charge is -2.45. The molecule has 0 radical (unpaired) electrons. The Bertz CT molecular complexity index is 1390. The molecule has 0 bridgehead atoms. The van der Waals surface area contributed by atoms with Crippen molar-refractivity contribution in [3.63, 3.8) is 0 Å². The Morgan fingerprint density at radius 3 is 2.17 bits per heavy atom. The molecular formula is C29H32F4N4O5. The number of hydrogen-bond acceptors (Lipinski definition) is 5. The van der Waals surface area contributed by atoms with E-state index >= 15 is 0 Å². The SMILES string of the molecule is CC(C)C(NC(=O)c1cc(C(F)(F)F)ccc1F)C(=O)N1CCC2(CC1)C(=O)N(C)[C@H](C)N2c1ccc(C(=O)O)cc1. The number of anilines is 1. The number of nitrogens with one attached hydrogen (secondary N) is 1. The maximum atomic E-state index is 14.3. The average molecular weight is 593 g/mol. The van der Waals surface area contributed by atoms with Crippen LogP contribution in [0, 0.1) is 11.7 Å². The van der Waals surface area contributed by atoms with Gasteiger partial charge in [0.2, 0.25) is 11.8 Å². The maximum Gasteiger partial charge on any atom is 0.416 e. The molecular weight excluding hydrogens is 560 g/mol. The number of nitrogens with zero attached hydrogens (tertiary/aromatic N) is 3. The topological polar surface area (TPSA) is 110 Å². The van der Waals surface area contributed by atoms with Crippen molar-refractivity contribution in [1.82, 2.24) is 15.1 Å². The standard InChI is InChI=1S/C29H32F4N4O5/c1-16(2)23(34-24(38)21-15-19(29(31,32)33)7-10-22(21)30)25(39)36-13-11-28(12-14-36)27(42)35(4)17(3)37(28)20-8-5-18(6-9-20)26(40)41/h5-10,15-17,23H,11-14H2,1-4H3,(H,34,38)(H,40,41)/t17-,23?/m0/s1. The molecule has 226 valence electrons. The van der Waals surface area contributed by atoms with E-state index in [0.717, 1.165) is 0 Å². The van der Waals surface area contributed by atoms with Gasteiger partial charge in [-0.1, -0.05) is 13.8 Å². The number of benzene rings is 2. The van der Waals surface area contributed by atoms with E-state index in [1.165, 1.54) is 17.0 Å². The number of rotatable bonds is 6. The highest BCUT2D eigenvalue weighted by Crippen LogP contribution is 2.42. The molecule has 2 aliphatic rings. The number of carbonyl (C=O) groups excluding carboxylic acids is 3. The lowest BCUT2D eigenvalue weighted by Crippen LogP contribution is -2.60. The fraction of sp³-hybridized carbons (Fsp3) is 0.448. The Balaban J connectivity index is 1.53. The van der Waals surface area contributed by atoms with Gasteiger partial charge in [-0.3, -0.25) is 14.4 Å². The number of amides is 3. The van der Waals surface area contributed by atoms with E-state index in [2.05, 4.69) is 5.32 Å².